The molecule has 0 saturated heterocycles. The molecule has 25 heavy (non-hydrogen) atoms. The molecule has 0 atom stereocenters. The van der Waals surface area contributed by atoms with E-state index in [1.54, 1.807) is 0 Å². The second kappa shape index (κ2) is 5.18. The first kappa shape index (κ1) is 14.2. The van der Waals surface area contributed by atoms with Crippen molar-refractivity contribution in [2.24, 2.45) is 0 Å². The second-order valence-electron chi connectivity index (χ2n) is 6.57. The highest BCUT2D eigenvalue weighted by molar-refractivity contribution is 6.27. The van der Waals surface area contributed by atoms with Crippen LogP contribution in [0.3, 0.4) is 0 Å². The first-order chi connectivity index (χ1) is 12.3. The normalized spacial score (nSPS) is 11.6. The lowest BCUT2D eigenvalue weighted by molar-refractivity contribution is 0.586. The zero-order chi connectivity index (χ0) is 17.0. The Morgan fingerprint density at radius 2 is 1.44 bits per heavy atom. The Morgan fingerprint density at radius 3 is 2.24 bits per heavy atom. The zero-order valence-corrected chi connectivity index (χ0v) is 14.2. The fourth-order valence-corrected chi connectivity index (χ4v) is 3.93. The molecule has 0 saturated carbocycles. The summed E-state index contributed by atoms with van der Waals surface area (Å²) in [6.07, 6.45) is 3.71. The van der Waals surface area contributed by atoms with Gasteiger partial charge >= 0.3 is 0 Å². The molecule has 0 N–H and O–H groups in total. The van der Waals surface area contributed by atoms with Crippen molar-refractivity contribution in [1.82, 2.24) is 4.98 Å². The Kier molecular flexibility index (Phi) is 2.95. The maximum absolute atomic E-state index is 6.14. The van der Waals surface area contributed by atoms with E-state index in [1.165, 1.54) is 32.8 Å². The smallest absolute Gasteiger partial charge is 0.142 e. The van der Waals surface area contributed by atoms with Crippen molar-refractivity contribution >= 4 is 32.4 Å². The molecule has 120 valence electrons. The van der Waals surface area contributed by atoms with Gasteiger partial charge in [0.05, 0.1) is 5.52 Å². The van der Waals surface area contributed by atoms with Gasteiger partial charge in [0.25, 0.3) is 0 Å². The van der Waals surface area contributed by atoms with E-state index in [9.17, 15) is 0 Å². The highest BCUT2D eigenvalue weighted by atomic mass is 16.3. The van der Waals surface area contributed by atoms with Crippen molar-refractivity contribution in [2.45, 2.75) is 13.8 Å². The predicted octanol–water partition coefficient (Wildman–Crippen LogP) is 6.42. The van der Waals surface area contributed by atoms with Gasteiger partial charge in [0.15, 0.2) is 0 Å². The summed E-state index contributed by atoms with van der Waals surface area (Å²) in [6.45, 7) is 4.27. The molecule has 3 aromatic carbocycles. The predicted molar refractivity (Wildman–Crippen MR) is 104 cm³/mol. The van der Waals surface area contributed by atoms with Crippen LogP contribution in [0.15, 0.2) is 71.5 Å². The van der Waals surface area contributed by atoms with Crippen LogP contribution in [0.2, 0.25) is 0 Å². The van der Waals surface area contributed by atoms with Crippen molar-refractivity contribution in [3.8, 4) is 11.3 Å². The van der Waals surface area contributed by atoms with E-state index in [2.05, 4.69) is 67.4 Å². The summed E-state index contributed by atoms with van der Waals surface area (Å²) < 4.78 is 6.14. The lowest BCUT2D eigenvalue weighted by Gasteiger charge is -2.10. The summed E-state index contributed by atoms with van der Waals surface area (Å²) in [6, 6.07) is 19.0. The number of benzene rings is 3. The molecular weight excluding hydrogens is 306 g/mol. The summed E-state index contributed by atoms with van der Waals surface area (Å²) >= 11 is 0. The molecule has 2 heterocycles. The third-order valence-corrected chi connectivity index (χ3v) is 5.05. The van der Waals surface area contributed by atoms with E-state index in [4.69, 9.17) is 4.42 Å². The van der Waals surface area contributed by atoms with Gasteiger partial charge in [0.1, 0.15) is 12.0 Å². The van der Waals surface area contributed by atoms with E-state index in [1.807, 2.05) is 18.5 Å². The Labute approximate surface area is 145 Å². The van der Waals surface area contributed by atoms with Gasteiger partial charge in [-0.2, -0.15) is 0 Å². The Bertz CT molecular complexity index is 1240. The molecule has 0 spiro atoms. The number of hydrogen-bond acceptors (Lipinski definition) is 2. The van der Waals surface area contributed by atoms with Crippen LogP contribution in [0.1, 0.15) is 11.1 Å². The number of fused-ring (bicyclic) bond motifs is 6. The topological polar surface area (TPSA) is 26.0 Å². The minimum Gasteiger partial charge on any atom is -0.463 e. The van der Waals surface area contributed by atoms with Crippen molar-refractivity contribution in [1.29, 1.82) is 0 Å². The molecule has 0 aliphatic rings. The average molecular weight is 323 g/mol. The molecule has 0 bridgehead atoms. The summed E-state index contributed by atoms with van der Waals surface area (Å²) in [5.41, 5.74) is 4.62. The van der Waals surface area contributed by atoms with E-state index < -0.39 is 0 Å². The monoisotopic (exact) mass is 323 g/mol. The lowest BCUT2D eigenvalue weighted by atomic mass is 9.94. The lowest BCUT2D eigenvalue weighted by Crippen LogP contribution is -1.88. The number of nitrogens with zero attached hydrogens (tertiary/aromatic N) is 1. The van der Waals surface area contributed by atoms with Crippen molar-refractivity contribution in [3.05, 3.63) is 78.2 Å². The van der Waals surface area contributed by atoms with Crippen LogP contribution < -0.4 is 0 Å². The standard InChI is InChI=1S/C23H17NO/c1-14-7-5-8-15(2)20(14)23-21-17-10-4-3-9-16(17)18-11-6-12-24-22(18)19(21)13-25-23/h3-13H,1-2H3. The third-order valence-electron chi connectivity index (χ3n) is 5.05. The van der Waals surface area contributed by atoms with Crippen molar-refractivity contribution in [2.75, 3.05) is 0 Å². The van der Waals surface area contributed by atoms with Gasteiger partial charge in [0.2, 0.25) is 0 Å². The zero-order valence-electron chi connectivity index (χ0n) is 14.2. The average Bonchev–Trinajstić information content (AvgIpc) is 3.07. The summed E-state index contributed by atoms with van der Waals surface area (Å²) in [5, 5.41) is 5.82. The van der Waals surface area contributed by atoms with Crippen LogP contribution in [0.25, 0.3) is 43.8 Å². The van der Waals surface area contributed by atoms with Gasteiger partial charge in [-0.1, -0.05) is 48.5 Å². The van der Waals surface area contributed by atoms with Crippen LogP contribution >= 0.6 is 0 Å². The van der Waals surface area contributed by atoms with Crippen molar-refractivity contribution in [3.63, 3.8) is 0 Å². The second-order valence-corrected chi connectivity index (χ2v) is 6.57. The molecule has 5 aromatic rings. The number of rotatable bonds is 1. The Morgan fingerprint density at radius 1 is 0.720 bits per heavy atom. The maximum atomic E-state index is 6.14. The first-order valence-electron chi connectivity index (χ1n) is 8.49. The fraction of sp³-hybridized carbons (Fsp3) is 0.0870. The SMILES string of the molecule is Cc1cccc(C)c1-c1occ2c3ncccc3c3ccccc3c12. The quantitative estimate of drug-likeness (QED) is 0.333. The molecule has 2 heteroatoms. The van der Waals surface area contributed by atoms with Crippen LogP contribution in [0, 0.1) is 13.8 Å². The van der Waals surface area contributed by atoms with E-state index in [0.717, 1.165) is 22.0 Å². The molecule has 2 aromatic heterocycles. The highest BCUT2D eigenvalue weighted by Crippen LogP contribution is 2.42. The highest BCUT2D eigenvalue weighted by Gasteiger charge is 2.18. The van der Waals surface area contributed by atoms with E-state index in [-0.39, 0.29) is 0 Å². The van der Waals surface area contributed by atoms with Gasteiger partial charge in [-0.05, 0) is 41.8 Å². The van der Waals surface area contributed by atoms with Gasteiger partial charge in [0, 0.05) is 27.9 Å². The maximum Gasteiger partial charge on any atom is 0.142 e. The minimum atomic E-state index is 0.939. The number of aromatic nitrogens is 1. The van der Waals surface area contributed by atoms with Gasteiger partial charge in [-0.3, -0.25) is 4.98 Å². The number of pyridine rings is 1. The van der Waals surface area contributed by atoms with Crippen LogP contribution in [-0.4, -0.2) is 4.98 Å². The summed E-state index contributed by atoms with van der Waals surface area (Å²) in [5.74, 6) is 0.939. The van der Waals surface area contributed by atoms with Crippen molar-refractivity contribution < 1.29 is 4.42 Å². The first-order valence-corrected chi connectivity index (χ1v) is 8.49. The Hall–Kier alpha value is -3.13. The van der Waals surface area contributed by atoms with Gasteiger partial charge in [-0.25, -0.2) is 0 Å². The van der Waals surface area contributed by atoms with Crippen LogP contribution in [0.5, 0.6) is 0 Å². The molecule has 0 amide bonds. The molecule has 0 aliphatic heterocycles. The Balaban J connectivity index is 2.05. The number of aryl methyl sites for hydroxylation is 2. The van der Waals surface area contributed by atoms with E-state index >= 15 is 0 Å². The van der Waals surface area contributed by atoms with Crippen LogP contribution in [-0.2, 0) is 0 Å². The molecule has 0 unspecified atom stereocenters. The van der Waals surface area contributed by atoms with Crippen LogP contribution in [0.4, 0.5) is 0 Å². The third kappa shape index (κ3) is 1.94. The number of furan rings is 1. The molecule has 5 rings (SSSR count). The summed E-state index contributed by atoms with van der Waals surface area (Å²) in [7, 11) is 0. The molecular formula is C23H17NO. The fourth-order valence-electron chi connectivity index (χ4n) is 3.93. The molecule has 0 aliphatic carbocycles. The minimum absolute atomic E-state index is 0.939. The van der Waals surface area contributed by atoms with E-state index in [0.29, 0.717) is 0 Å². The van der Waals surface area contributed by atoms with Gasteiger partial charge < -0.3 is 4.42 Å². The summed E-state index contributed by atoms with van der Waals surface area (Å²) in [4.78, 5) is 4.65. The molecule has 0 fully saturated rings. The molecule has 0 radical (unpaired) electrons. The molecule has 2 nitrogen and oxygen atoms in total. The number of hydrogen-bond donors (Lipinski definition) is 0. The largest absolute Gasteiger partial charge is 0.463 e. The van der Waals surface area contributed by atoms with Gasteiger partial charge in [-0.15, -0.1) is 0 Å².